The van der Waals surface area contributed by atoms with Gasteiger partial charge < -0.3 is 16.4 Å². The van der Waals surface area contributed by atoms with E-state index in [0.717, 1.165) is 12.5 Å². The Morgan fingerprint density at radius 3 is 2.48 bits per heavy atom. The highest BCUT2D eigenvalue weighted by Gasteiger charge is 2.33. The molecule has 0 saturated carbocycles. The van der Waals surface area contributed by atoms with Crippen molar-refractivity contribution in [2.24, 2.45) is 0 Å². The molecule has 8 heteroatoms. The van der Waals surface area contributed by atoms with Gasteiger partial charge in [0.1, 0.15) is 0 Å². The summed E-state index contributed by atoms with van der Waals surface area (Å²) >= 11 is 0. The molecule has 2 amide bonds. The summed E-state index contributed by atoms with van der Waals surface area (Å²) in [4.78, 5) is 23.0. The normalized spacial score (nSPS) is 11.0. The largest absolute Gasteiger partial charge is 0.418 e. The van der Waals surface area contributed by atoms with Gasteiger partial charge in [-0.3, -0.25) is 9.59 Å². The first-order chi connectivity index (χ1) is 9.75. The summed E-state index contributed by atoms with van der Waals surface area (Å²) in [6.45, 7) is 2.03. The highest BCUT2D eigenvalue weighted by molar-refractivity contribution is 5.97. The van der Waals surface area contributed by atoms with Crippen LogP contribution in [0.3, 0.4) is 0 Å². The highest BCUT2D eigenvalue weighted by atomic mass is 19.4. The predicted octanol–water partition coefficient (Wildman–Crippen LogP) is 1.54. The van der Waals surface area contributed by atoms with E-state index in [4.69, 9.17) is 5.73 Å². The molecule has 0 atom stereocenters. The molecule has 4 N–H and O–H groups in total. The van der Waals surface area contributed by atoms with Crippen LogP contribution >= 0.6 is 0 Å². The van der Waals surface area contributed by atoms with E-state index < -0.39 is 29.2 Å². The molecular formula is C13H16F3N3O2. The third kappa shape index (κ3) is 4.97. The van der Waals surface area contributed by atoms with Gasteiger partial charge in [0, 0.05) is 17.8 Å². The van der Waals surface area contributed by atoms with Gasteiger partial charge in [-0.25, -0.2) is 0 Å². The molecule has 0 bridgehead atoms. The van der Waals surface area contributed by atoms with Crippen molar-refractivity contribution in [3.63, 3.8) is 0 Å². The van der Waals surface area contributed by atoms with E-state index in [1.54, 1.807) is 0 Å². The minimum Gasteiger partial charge on any atom is -0.398 e. The van der Waals surface area contributed by atoms with E-state index in [2.05, 4.69) is 10.6 Å². The number of nitrogens with one attached hydrogen (secondary N) is 2. The SMILES string of the molecule is CCCNC(=O)CNC(=O)c1ccc(N)c(C(F)(F)F)c1. The fourth-order valence-corrected chi connectivity index (χ4v) is 1.53. The van der Waals surface area contributed by atoms with Crippen LogP contribution in [0.4, 0.5) is 18.9 Å². The van der Waals surface area contributed by atoms with E-state index in [1.165, 1.54) is 6.07 Å². The summed E-state index contributed by atoms with van der Waals surface area (Å²) in [5.74, 6) is -1.18. The van der Waals surface area contributed by atoms with Crippen LogP contribution in [0.1, 0.15) is 29.3 Å². The van der Waals surface area contributed by atoms with E-state index >= 15 is 0 Å². The number of rotatable bonds is 5. The van der Waals surface area contributed by atoms with Crippen LogP contribution in [-0.2, 0) is 11.0 Å². The van der Waals surface area contributed by atoms with E-state index in [1.807, 2.05) is 6.92 Å². The van der Waals surface area contributed by atoms with Crippen molar-refractivity contribution in [3.05, 3.63) is 29.3 Å². The number of benzene rings is 1. The molecule has 0 fully saturated rings. The maximum atomic E-state index is 12.7. The first-order valence-corrected chi connectivity index (χ1v) is 6.27. The second-order valence-corrected chi connectivity index (χ2v) is 4.33. The molecule has 116 valence electrons. The lowest BCUT2D eigenvalue weighted by Crippen LogP contribution is -2.37. The monoisotopic (exact) mass is 303 g/mol. The number of halogens is 3. The van der Waals surface area contributed by atoms with Crippen molar-refractivity contribution in [2.45, 2.75) is 19.5 Å². The lowest BCUT2D eigenvalue weighted by atomic mass is 10.1. The van der Waals surface area contributed by atoms with Crippen LogP contribution in [0.25, 0.3) is 0 Å². The Morgan fingerprint density at radius 2 is 1.90 bits per heavy atom. The zero-order valence-corrected chi connectivity index (χ0v) is 11.4. The van der Waals surface area contributed by atoms with E-state index in [9.17, 15) is 22.8 Å². The zero-order chi connectivity index (χ0) is 16.0. The topological polar surface area (TPSA) is 84.2 Å². The van der Waals surface area contributed by atoms with Gasteiger partial charge in [-0.1, -0.05) is 6.92 Å². The van der Waals surface area contributed by atoms with E-state index in [0.29, 0.717) is 12.6 Å². The van der Waals surface area contributed by atoms with Crippen LogP contribution in [0, 0.1) is 0 Å². The Kier molecular flexibility index (Phi) is 5.57. The molecule has 0 spiro atoms. The molecular weight excluding hydrogens is 287 g/mol. The number of nitrogen functional groups attached to an aromatic ring is 1. The molecule has 0 aliphatic carbocycles. The summed E-state index contributed by atoms with van der Waals surface area (Å²) in [6, 6.07) is 2.84. The Hall–Kier alpha value is -2.25. The number of anilines is 1. The fraction of sp³-hybridized carbons (Fsp3) is 0.385. The van der Waals surface area contributed by atoms with Crippen molar-refractivity contribution in [1.29, 1.82) is 0 Å². The number of amides is 2. The second-order valence-electron chi connectivity index (χ2n) is 4.33. The first-order valence-electron chi connectivity index (χ1n) is 6.27. The van der Waals surface area contributed by atoms with Crippen LogP contribution in [-0.4, -0.2) is 24.9 Å². The van der Waals surface area contributed by atoms with Crippen molar-refractivity contribution in [3.8, 4) is 0 Å². The minimum atomic E-state index is -4.64. The summed E-state index contributed by atoms with van der Waals surface area (Å²) in [6.07, 6.45) is -3.90. The summed E-state index contributed by atoms with van der Waals surface area (Å²) in [5, 5.41) is 4.78. The van der Waals surface area contributed by atoms with Gasteiger partial charge in [-0.05, 0) is 24.6 Å². The van der Waals surface area contributed by atoms with Gasteiger partial charge in [0.05, 0.1) is 12.1 Å². The van der Waals surface area contributed by atoms with Crippen LogP contribution in [0.2, 0.25) is 0 Å². The van der Waals surface area contributed by atoms with Crippen molar-refractivity contribution >= 4 is 17.5 Å². The van der Waals surface area contributed by atoms with Gasteiger partial charge in [-0.2, -0.15) is 13.2 Å². The predicted molar refractivity (Wildman–Crippen MR) is 71.5 cm³/mol. The average molecular weight is 303 g/mol. The number of hydrogen-bond acceptors (Lipinski definition) is 3. The molecule has 0 radical (unpaired) electrons. The average Bonchev–Trinajstić information content (AvgIpc) is 2.41. The molecule has 0 heterocycles. The molecule has 1 rings (SSSR count). The summed E-state index contributed by atoms with van der Waals surface area (Å²) < 4.78 is 38.0. The highest BCUT2D eigenvalue weighted by Crippen LogP contribution is 2.33. The smallest absolute Gasteiger partial charge is 0.398 e. The Balaban J connectivity index is 2.73. The van der Waals surface area contributed by atoms with Crippen molar-refractivity contribution < 1.29 is 22.8 Å². The minimum absolute atomic E-state index is 0.209. The maximum absolute atomic E-state index is 12.7. The Labute approximate surface area is 119 Å². The van der Waals surface area contributed by atoms with Gasteiger partial charge >= 0.3 is 6.18 Å². The third-order valence-electron chi connectivity index (χ3n) is 2.60. The summed E-state index contributed by atoms with van der Waals surface area (Å²) in [7, 11) is 0. The first kappa shape index (κ1) is 16.8. The second kappa shape index (κ2) is 6.96. The number of hydrogen-bond donors (Lipinski definition) is 3. The molecule has 0 aliphatic rings. The van der Waals surface area contributed by atoms with Crippen molar-refractivity contribution in [2.75, 3.05) is 18.8 Å². The van der Waals surface area contributed by atoms with Crippen LogP contribution in [0.5, 0.6) is 0 Å². The van der Waals surface area contributed by atoms with Gasteiger partial charge in [0.25, 0.3) is 5.91 Å². The van der Waals surface area contributed by atoms with Gasteiger partial charge in [0.15, 0.2) is 0 Å². The van der Waals surface area contributed by atoms with E-state index in [-0.39, 0.29) is 12.1 Å². The molecule has 1 aromatic carbocycles. The van der Waals surface area contributed by atoms with Gasteiger partial charge in [-0.15, -0.1) is 0 Å². The number of alkyl halides is 3. The number of carbonyl (C=O) groups excluding carboxylic acids is 2. The molecule has 0 aliphatic heterocycles. The lowest BCUT2D eigenvalue weighted by molar-refractivity contribution is -0.137. The molecule has 5 nitrogen and oxygen atoms in total. The van der Waals surface area contributed by atoms with Crippen molar-refractivity contribution in [1.82, 2.24) is 10.6 Å². The molecule has 0 unspecified atom stereocenters. The fourth-order valence-electron chi connectivity index (χ4n) is 1.53. The molecule has 1 aromatic rings. The standard InChI is InChI=1S/C13H16F3N3O2/c1-2-5-18-11(20)7-19-12(21)8-3-4-10(17)9(6-8)13(14,15)16/h3-4,6H,2,5,7,17H2,1H3,(H,18,20)(H,19,21). The molecule has 0 saturated heterocycles. The number of nitrogens with two attached hydrogens (primary N) is 1. The quantitative estimate of drug-likeness (QED) is 0.721. The Bertz CT molecular complexity index is 530. The number of carbonyl (C=O) groups is 2. The third-order valence-corrected chi connectivity index (χ3v) is 2.60. The zero-order valence-electron chi connectivity index (χ0n) is 11.4. The lowest BCUT2D eigenvalue weighted by Gasteiger charge is -2.12. The summed E-state index contributed by atoms with van der Waals surface area (Å²) in [5.41, 5.74) is 3.49. The maximum Gasteiger partial charge on any atom is 0.418 e. The van der Waals surface area contributed by atoms with Gasteiger partial charge in [0.2, 0.25) is 5.91 Å². The molecule has 21 heavy (non-hydrogen) atoms. The molecule has 0 aromatic heterocycles. The Morgan fingerprint density at radius 1 is 1.24 bits per heavy atom. The van der Waals surface area contributed by atoms with Crippen LogP contribution in [0.15, 0.2) is 18.2 Å². The van der Waals surface area contributed by atoms with Crippen LogP contribution < -0.4 is 16.4 Å².